The lowest BCUT2D eigenvalue weighted by molar-refractivity contribution is -0.127. The van der Waals surface area contributed by atoms with Crippen molar-refractivity contribution >= 4 is 16.8 Å². The van der Waals surface area contributed by atoms with E-state index >= 15 is 0 Å². The van der Waals surface area contributed by atoms with Gasteiger partial charge in [0.05, 0.1) is 7.11 Å². The van der Waals surface area contributed by atoms with Gasteiger partial charge in [-0.2, -0.15) is 0 Å². The summed E-state index contributed by atoms with van der Waals surface area (Å²) in [4.78, 5) is 19.9. The highest BCUT2D eigenvalue weighted by Crippen LogP contribution is 2.25. The van der Waals surface area contributed by atoms with Gasteiger partial charge in [-0.3, -0.25) is 4.79 Å². The standard InChI is InChI=1S/C16H19N5O2/c1-23-13-2-3-15-14(7-13)12(9-18-15)4-5-21-10-11(6-16(21)22)8-19-20-17/h2-3,7,9,11,18H,4-6,8,10H2,1H3. The first kappa shape index (κ1) is 15.2. The van der Waals surface area contributed by atoms with E-state index in [2.05, 4.69) is 15.0 Å². The molecule has 1 unspecified atom stereocenters. The Morgan fingerprint density at radius 1 is 1.52 bits per heavy atom. The van der Waals surface area contributed by atoms with Gasteiger partial charge in [-0.1, -0.05) is 5.11 Å². The first-order valence-electron chi connectivity index (χ1n) is 7.64. The molecular formula is C16H19N5O2. The van der Waals surface area contributed by atoms with Crippen LogP contribution in [0.3, 0.4) is 0 Å². The van der Waals surface area contributed by atoms with Crippen molar-refractivity contribution in [3.05, 3.63) is 40.4 Å². The van der Waals surface area contributed by atoms with Crippen LogP contribution in [0, 0.1) is 5.92 Å². The third-order valence-corrected chi connectivity index (χ3v) is 4.32. The lowest BCUT2D eigenvalue weighted by atomic mass is 10.1. The number of rotatable bonds is 6. The summed E-state index contributed by atoms with van der Waals surface area (Å²) >= 11 is 0. The second-order valence-corrected chi connectivity index (χ2v) is 5.80. The molecule has 0 bridgehead atoms. The van der Waals surface area contributed by atoms with E-state index in [4.69, 9.17) is 10.3 Å². The maximum Gasteiger partial charge on any atom is 0.222 e. The van der Waals surface area contributed by atoms with E-state index in [1.54, 1.807) is 7.11 Å². The minimum Gasteiger partial charge on any atom is -0.497 e. The number of hydrogen-bond donors (Lipinski definition) is 1. The van der Waals surface area contributed by atoms with E-state index in [9.17, 15) is 4.79 Å². The predicted molar refractivity (Wildman–Crippen MR) is 87.3 cm³/mol. The minimum atomic E-state index is 0.139. The number of fused-ring (bicyclic) bond motifs is 1. The van der Waals surface area contributed by atoms with Crippen LogP contribution in [0.25, 0.3) is 21.3 Å². The summed E-state index contributed by atoms with van der Waals surface area (Å²) in [6, 6.07) is 5.93. The van der Waals surface area contributed by atoms with E-state index in [1.807, 2.05) is 29.3 Å². The smallest absolute Gasteiger partial charge is 0.222 e. The lowest BCUT2D eigenvalue weighted by Crippen LogP contribution is -2.27. The molecule has 2 heterocycles. The number of carbonyl (C=O) groups excluding carboxylic acids is 1. The summed E-state index contributed by atoms with van der Waals surface area (Å²) in [5.74, 6) is 1.10. The highest BCUT2D eigenvalue weighted by atomic mass is 16.5. The summed E-state index contributed by atoms with van der Waals surface area (Å²) in [5, 5.41) is 4.70. The van der Waals surface area contributed by atoms with Crippen LogP contribution >= 0.6 is 0 Å². The molecular weight excluding hydrogens is 294 g/mol. The van der Waals surface area contributed by atoms with Crippen molar-refractivity contribution in [1.29, 1.82) is 0 Å². The number of nitrogens with zero attached hydrogens (tertiary/aromatic N) is 4. The van der Waals surface area contributed by atoms with Gasteiger partial charge in [0.2, 0.25) is 5.91 Å². The summed E-state index contributed by atoms with van der Waals surface area (Å²) < 4.78 is 5.28. The number of likely N-dealkylation sites (tertiary alicyclic amines) is 1. The van der Waals surface area contributed by atoms with E-state index in [-0.39, 0.29) is 11.8 Å². The van der Waals surface area contributed by atoms with E-state index < -0.39 is 0 Å². The van der Waals surface area contributed by atoms with Gasteiger partial charge in [0, 0.05) is 48.1 Å². The number of ether oxygens (including phenoxy) is 1. The van der Waals surface area contributed by atoms with Crippen LogP contribution < -0.4 is 4.74 Å². The number of benzene rings is 1. The fourth-order valence-corrected chi connectivity index (χ4v) is 3.09. The van der Waals surface area contributed by atoms with Crippen LogP contribution in [0.2, 0.25) is 0 Å². The minimum absolute atomic E-state index is 0.139. The topological polar surface area (TPSA) is 94.1 Å². The van der Waals surface area contributed by atoms with Crippen LogP contribution in [0.4, 0.5) is 0 Å². The molecule has 1 aliphatic rings. The maximum absolute atomic E-state index is 12.0. The Labute approximate surface area is 133 Å². The van der Waals surface area contributed by atoms with Gasteiger partial charge >= 0.3 is 0 Å². The zero-order chi connectivity index (χ0) is 16.2. The van der Waals surface area contributed by atoms with Gasteiger partial charge in [0.1, 0.15) is 5.75 Å². The van der Waals surface area contributed by atoms with Crippen LogP contribution in [-0.2, 0) is 11.2 Å². The lowest BCUT2D eigenvalue weighted by Gasteiger charge is -2.16. The molecule has 0 radical (unpaired) electrons. The van der Waals surface area contributed by atoms with Gasteiger partial charge in [0.25, 0.3) is 0 Å². The number of carbonyl (C=O) groups is 1. The molecule has 1 atom stereocenters. The van der Waals surface area contributed by atoms with Gasteiger partial charge in [-0.15, -0.1) is 0 Å². The average molecular weight is 313 g/mol. The Hall–Kier alpha value is -2.66. The Morgan fingerprint density at radius 3 is 3.17 bits per heavy atom. The number of aromatic amines is 1. The van der Waals surface area contributed by atoms with Crippen molar-refractivity contribution in [1.82, 2.24) is 9.88 Å². The third-order valence-electron chi connectivity index (χ3n) is 4.32. The van der Waals surface area contributed by atoms with E-state index in [0.29, 0.717) is 26.1 Å². The molecule has 120 valence electrons. The zero-order valence-electron chi connectivity index (χ0n) is 13.0. The van der Waals surface area contributed by atoms with Crippen molar-refractivity contribution in [2.75, 3.05) is 26.7 Å². The Balaban J connectivity index is 1.66. The fourth-order valence-electron chi connectivity index (χ4n) is 3.09. The second kappa shape index (κ2) is 6.62. The van der Waals surface area contributed by atoms with Gasteiger partial charge < -0.3 is 14.6 Å². The van der Waals surface area contributed by atoms with Crippen LogP contribution in [0.15, 0.2) is 29.5 Å². The largest absolute Gasteiger partial charge is 0.497 e. The number of nitrogens with one attached hydrogen (secondary N) is 1. The van der Waals surface area contributed by atoms with Crippen molar-refractivity contribution in [2.45, 2.75) is 12.8 Å². The molecule has 0 saturated carbocycles. The molecule has 1 N–H and O–H groups in total. The van der Waals surface area contributed by atoms with Gasteiger partial charge in [0.15, 0.2) is 0 Å². The molecule has 1 amide bonds. The maximum atomic E-state index is 12.0. The molecule has 23 heavy (non-hydrogen) atoms. The Bertz CT molecular complexity index is 763. The number of methoxy groups -OCH3 is 1. The van der Waals surface area contributed by atoms with Crippen LogP contribution in [0.1, 0.15) is 12.0 Å². The van der Waals surface area contributed by atoms with Crippen molar-refractivity contribution < 1.29 is 9.53 Å². The molecule has 2 aromatic rings. The molecule has 1 aromatic heterocycles. The first-order valence-corrected chi connectivity index (χ1v) is 7.64. The molecule has 7 nitrogen and oxygen atoms in total. The summed E-state index contributed by atoms with van der Waals surface area (Å²) in [6.07, 6.45) is 3.25. The quantitative estimate of drug-likeness (QED) is 0.504. The molecule has 0 spiro atoms. The zero-order valence-corrected chi connectivity index (χ0v) is 13.0. The number of hydrogen-bond acceptors (Lipinski definition) is 3. The average Bonchev–Trinajstić information content (AvgIpc) is 3.13. The number of aromatic nitrogens is 1. The van der Waals surface area contributed by atoms with E-state index in [1.165, 1.54) is 5.56 Å². The molecule has 7 heteroatoms. The molecule has 1 aliphatic heterocycles. The van der Waals surface area contributed by atoms with Crippen molar-refractivity contribution in [2.24, 2.45) is 11.0 Å². The summed E-state index contributed by atoms with van der Waals surface area (Å²) in [5.41, 5.74) is 10.6. The Morgan fingerprint density at radius 2 is 2.39 bits per heavy atom. The molecule has 1 fully saturated rings. The number of azide groups is 1. The first-order chi connectivity index (χ1) is 11.2. The van der Waals surface area contributed by atoms with Crippen LogP contribution in [-0.4, -0.2) is 42.5 Å². The summed E-state index contributed by atoms with van der Waals surface area (Å²) in [7, 11) is 1.65. The van der Waals surface area contributed by atoms with Crippen molar-refractivity contribution in [3.8, 4) is 5.75 Å². The predicted octanol–water partition coefficient (Wildman–Crippen LogP) is 2.88. The van der Waals surface area contributed by atoms with Gasteiger partial charge in [-0.25, -0.2) is 0 Å². The highest BCUT2D eigenvalue weighted by molar-refractivity contribution is 5.85. The molecule has 1 aromatic carbocycles. The van der Waals surface area contributed by atoms with E-state index in [0.717, 1.165) is 23.1 Å². The second-order valence-electron chi connectivity index (χ2n) is 5.80. The normalized spacial score (nSPS) is 17.5. The number of amides is 1. The summed E-state index contributed by atoms with van der Waals surface area (Å²) in [6.45, 7) is 1.74. The number of H-pyrrole nitrogens is 1. The SMILES string of the molecule is COc1ccc2[nH]cc(CCN3CC(CN=[N+]=[N-])CC3=O)c2c1. The molecule has 3 rings (SSSR count). The monoisotopic (exact) mass is 313 g/mol. The third kappa shape index (κ3) is 3.24. The van der Waals surface area contributed by atoms with Gasteiger partial charge in [-0.05, 0) is 41.6 Å². The fraction of sp³-hybridized carbons (Fsp3) is 0.438. The van der Waals surface area contributed by atoms with Crippen LogP contribution in [0.5, 0.6) is 5.75 Å². The Kier molecular flexibility index (Phi) is 4.39. The van der Waals surface area contributed by atoms with Crippen molar-refractivity contribution in [3.63, 3.8) is 0 Å². The molecule has 0 aliphatic carbocycles. The highest BCUT2D eigenvalue weighted by Gasteiger charge is 2.28. The molecule has 1 saturated heterocycles.